The number of pyridine rings is 2. The van der Waals surface area contributed by atoms with Crippen LogP contribution >= 0.6 is 0 Å². The minimum Gasteiger partial charge on any atom is -0.309 e. The number of hydrogen-bond acceptors (Lipinski definition) is 4. The summed E-state index contributed by atoms with van der Waals surface area (Å²) in [5.74, 6) is 1.89. The Labute approximate surface area is 333 Å². The average molecular weight is 741 g/mol. The molecule has 0 saturated carbocycles. The first kappa shape index (κ1) is 32.3. The van der Waals surface area contributed by atoms with Crippen LogP contribution < -0.4 is 0 Å². The molecule has 0 aliphatic rings. The van der Waals surface area contributed by atoms with Crippen molar-refractivity contribution in [1.29, 1.82) is 0 Å². The van der Waals surface area contributed by atoms with Gasteiger partial charge in [-0.05, 0) is 60.0 Å². The van der Waals surface area contributed by atoms with Crippen LogP contribution in [0.5, 0.6) is 0 Å². The zero-order chi connectivity index (χ0) is 38.2. The van der Waals surface area contributed by atoms with Crippen molar-refractivity contribution in [2.45, 2.75) is 0 Å². The molecule has 12 rings (SSSR count). The Morgan fingerprint density at radius 2 is 0.931 bits per heavy atom. The van der Waals surface area contributed by atoms with Crippen LogP contribution in [0, 0.1) is 0 Å². The molecular formula is C52H32N6. The average Bonchev–Trinajstić information content (AvgIpc) is 3.86. The van der Waals surface area contributed by atoms with Gasteiger partial charge in [-0.1, -0.05) is 133 Å². The number of nitrogens with zero attached hydrogens (tertiary/aromatic N) is 6. The maximum absolute atomic E-state index is 5.09. The SMILES string of the molecule is c1ccc(-c2nc(-c3ccccc3)nc(-c3cccc(-n4c5ccc(-c6ccccn6)cc5c5ccc6c(cc7c8ccccc8c8ccccc8n76)c54)c3)n2)cc1. The predicted octanol–water partition coefficient (Wildman–Crippen LogP) is 12.7. The molecule has 7 aromatic carbocycles. The molecule has 0 unspecified atom stereocenters. The molecule has 0 N–H and O–H groups in total. The van der Waals surface area contributed by atoms with Crippen LogP contribution in [-0.4, -0.2) is 28.9 Å². The molecule has 0 aliphatic carbocycles. The zero-order valence-electron chi connectivity index (χ0n) is 31.2. The minimum absolute atomic E-state index is 0.616. The van der Waals surface area contributed by atoms with Crippen molar-refractivity contribution in [1.82, 2.24) is 28.9 Å². The molecule has 0 aliphatic heterocycles. The van der Waals surface area contributed by atoms with E-state index < -0.39 is 0 Å². The summed E-state index contributed by atoms with van der Waals surface area (Å²) in [4.78, 5) is 19.8. The Morgan fingerprint density at radius 3 is 1.66 bits per heavy atom. The van der Waals surface area contributed by atoms with E-state index in [1.807, 2.05) is 79.0 Å². The lowest BCUT2D eigenvalue weighted by Gasteiger charge is -2.12. The molecule has 12 aromatic rings. The highest BCUT2D eigenvalue weighted by Crippen LogP contribution is 2.42. The molecule has 6 nitrogen and oxygen atoms in total. The molecule has 58 heavy (non-hydrogen) atoms. The number of hydrogen-bond donors (Lipinski definition) is 0. The van der Waals surface area contributed by atoms with Gasteiger partial charge in [0, 0.05) is 61.1 Å². The molecule has 5 aromatic heterocycles. The van der Waals surface area contributed by atoms with E-state index in [1.54, 1.807) is 0 Å². The van der Waals surface area contributed by atoms with E-state index in [-0.39, 0.29) is 0 Å². The van der Waals surface area contributed by atoms with Gasteiger partial charge in [0.1, 0.15) is 0 Å². The van der Waals surface area contributed by atoms with Crippen LogP contribution in [0.3, 0.4) is 0 Å². The van der Waals surface area contributed by atoms with Crippen LogP contribution in [0.4, 0.5) is 0 Å². The molecule has 270 valence electrons. The molecule has 0 bridgehead atoms. The van der Waals surface area contributed by atoms with Crippen LogP contribution in [-0.2, 0) is 0 Å². The van der Waals surface area contributed by atoms with Gasteiger partial charge in [-0.3, -0.25) is 4.98 Å². The first-order valence-electron chi connectivity index (χ1n) is 19.5. The summed E-state index contributed by atoms with van der Waals surface area (Å²) in [7, 11) is 0. The Balaban J connectivity index is 1.16. The molecule has 5 heterocycles. The standard InChI is InChI=1S/C52H32N6/c1-3-14-33(15-4-1)50-54-51(34-16-5-2-6-17-34)56-52(55-50)36-18-13-19-37(30-36)57-46-27-25-35(44-23-11-12-29-53-44)31-42(46)41-26-28-47-43(49(41)57)32-48-40-22-8-7-20-38(40)39-21-9-10-24-45(39)58(47)48/h1-32H. The van der Waals surface area contributed by atoms with E-state index in [9.17, 15) is 0 Å². The Morgan fingerprint density at radius 1 is 0.328 bits per heavy atom. The second kappa shape index (κ2) is 12.8. The van der Waals surface area contributed by atoms with E-state index in [4.69, 9.17) is 19.9 Å². The highest BCUT2D eigenvalue weighted by atomic mass is 15.0. The van der Waals surface area contributed by atoms with Crippen LogP contribution in [0.1, 0.15) is 0 Å². The van der Waals surface area contributed by atoms with Crippen molar-refractivity contribution in [2.75, 3.05) is 0 Å². The van der Waals surface area contributed by atoms with Gasteiger partial charge in [0.2, 0.25) is 0 Å². The summed E-state index contributed by atoms with van der Waals surface area (Å²) in [5.41, 5.74) is 11.6. The lowest BCUT2D eigenvalue weighted by Crippen LogP contribution is -2.01. The Hall–Kier alpha value is -7.96. The summed E-state index contributed by atoms with van der Waals surface area (Å²) < 4.78 is 4.85. The molecule has 0 saturated heterocycles. The summed E-state index contributed by atoms with van der Waals surface area (Å²) in [6, 6.07) is 66.1. The number of para-hydroxylation sites is 1. The number of rotatable bonds is 5. The second-order valence-electron chi connectivity index (χ2n) is 14.7. The normalized spacial score (nSPS) is 11.8. The van der Waals surface area contributed by atoms with Gasteiger partial charge in [-0.25, -0.2) is 15.0 Å². The van der Waals surface area contributed by atoms with Crippen LogP contribution in [0.2, 0.25) is 0 Å². The second-order valence-corrected chi connectivity index (χ2v) is 14.7. The number of benzene rings is 7. The third-order valence-electron chi connectivity index (χ3n) is 11.4. The van der Waals surface area contributed by atoms with E-state index in [1.165, 1.54) is 38.0 Å². The highest BCUT2D eigenvalue weighted by molar-refractivity contribution is 6.23. The van der Waals surface area contributed by atoms with Crippen LogP contribution in [0.25, 0.3) is 111 Å². The molecule has 0 fully saturated rings. The van der Waals surface area contributed by atoms with Gasteiger partial charge in [0.25, 0.3) is 0 Å². The molecule has 0 amide bonds. The topological polar surface area (TPSA) is 60.9 Å². The van der Waals surface area contributed by atoms with Crippen molar-refractivity contribution in [3.05, 3.63) is 194 Å². The van der Waals surface area contributed by atoms with Gasteiger partial charge in [-0.15, -0.1) is 0 Å². The molecule has 0 spiro atoms. The van der Waals surface area contributed by atoms with Crippen molar-refractivity contribution in [3.63, 3.8) is 0 Å². The number of aromatic nitrogens is 6. The largest absolute Gasteiger partial charge is 0.309 e. The third-order valence-corrected chi connectivity index (χ3v) is 11.4. The quantitative estimate of drug-likeness (QED) is 0.165. The lowest BCUT2D eigenvalue weighted by atomic mass is 10.1. The van der Waals surface area contributed by atoms with Gasteiger partial charge < -0.3 is 8.97 Å². The van der Waals surface area contributed by atoms with Gasteiger partial charge in [0.05, 0.1) is 33.3 Å². The molecule has 0 radical (unpaired) electrons. The first-order chi connectivity index (χ1) is 28.8. The van der Waals surface area contributed by atoms with Gasteiger partial charge in [-0.2, -0.15) is 0 Å². The fourth-order valence-corrected chi connectivity index (χ4v) is 8.77. The molecular weight excluding hydrogens is 709 g/mol. The molecule has 0 atom stereocenters. The van der Waals surface area contributed by atoms with Crippen molar-refractivity contribution in [2.24, 2.45) is 0 Å². The predicted molar refractivity (Wildman–Crippen MR) is 237 cm³/mol. The van der Waals surface area contributed by atoms with E-state index in [0.29, 0.717) is 17.5 Å². The third kappa shape index (κ3) is 4.98. The number of fused-ring (bicyclic) bond motifs is 12. The molecule has 6 heteroatoms. The minimum atomic E-state index is 0.616. The summed E-state index contributed by atoms with van der Waals surface area (Å²) in [6.07, 6.45) is 1.85. The summed E-state index contributed by atoms with van der Waals surface area (Å²) >= 11 is 0. The summed E-state index contributed by atoms with van der Waals surface area (Å²) in [5, 5.41) is 7.23. The fraction of sp³-hybridized carbons (Fsp3) is 0. The first-order valence-corrected chi connectivity index (χ1v) is 19.5. The van der Waals surface area contributed by atoms with E-state index in [2.05, 4.69) is 124 Å². The maximum atomic E-state index is 5.09. The van der Waals surface area contributed by atoms with E-state index >= 15 is 0 Å². The zero-order valence-corrected chi connectivity index (χ0v) is 31.2. The van der Waals surface area contributed by atoms with Crippen molar-refractivity contribution in [3.8, 4) is 51.1 Å². The lowest BCUT2D eigenvalue weighted by molar-refractivity contribution is 1.07. The van der Waals surface area contributed by atoms with Crippen molar-refractivity contribution < 1.29 is 0 Å². The van der Waals surface area contributed by atoms with Crippen molar-refractivity contribution >= 4 is 59.9 Å². The van der Waals surface area contributed by atoms with Crippen LogP contribution in [0.15, 0.2) is 194 Å². The smallest absolute Gasteiger partial charge is 0.164 e. The fourth-order valence-electron chi connectivity index (χ4n) is 8.77. The highest BCUT2D eigenvalue weighted by Gasteiger charge is 2.21. The van der Waals surface area contributed by atoms with Gasteiger partial charge in [0.15, 0.2) is 17.5 Å². The monoisotopic (exact) mass is 740 g/mol. The van der Waals surface area contributed by atoms with E-state index in [0.717, 1.165) is 55.6 Å². The summed E-state index contributed by atoms with van der Waals surface area (Å²) in [6.45, 7) is 0. The maximum Gasteiger partial charge on any atom is 0.164 e. The van der Waals surface area contributed by atoms with Gasteiger partial charge >= 0.3 is 0 Å². The Bertz CT molecular complexity index is 3500. The Kier molecular flexibility index (Phi) is 7.13.